The Hall–Kier alpha value is -1.07. The molecule has 1 fully saturated rings. The van der Waals surface area contributed by atoms with E-state index < -0.39 is 11.7 Å². The summed E-state index contributed by atoms with van der Waals surface area (Å²) in [5.41, 5.74) is 6.12. The summed E-state index contributed by atoms with van der Waals surface area (Å²) in [5, 5.41) is 0. The van der Waals surface area contributed by atoms with Gasteiger partial charge < -0.3 is 10.6 Å². The van der Waals surface area contributed by atoms with Crippen molar-refractivity contribution in [3.05, 3.63) is 35.4 Å². The Morgan fingerprint density at radius 2 is 1.95 bits per heavy atom. The average molecular weight is 272 g/mol. The highest BCUT2D eigenvalue weighted by Crippen LogP contribution is 2.33. The number of benzene rings is 1. The molecule has 0 aromatic heterocycles. The summed E-state index contributed by atoms with van der Waals surface area (Å²) in [6.07, 6.45) is -3.22. The van der Waals surface area contributed by atoms with Crippen LogP contribution in [0, 0.1) is 5.92 Å². The Morgan fingerprint density at radius 3 is 2.37 bits per heavy atom. The number of likely N-dealkylation sites (tertiary alicyclic amines) is 1. The summed E-state index contributed by atoms with van der Waals surface area (Å²) < 4.78 is 37.6. The van der Waals surface area contributed by atoms with E-state index in [2.05, 4.69) is 11.9 Å². The van der Waals surface area contributed by atoms with Gasteiger partial charge >= 0.3 is 6.18 Å². The number of hydrogen-bond acceptors (Lipinski definition) is 2. The van der Waals surface area contributed by atoms with Crippen LogP contribution in [0.15, 0.2) is 24.3 Å². The molecule has 5 heteroatoms. The summed E-state index contributed by atoms with van der Waals surface area (Å²) in [6.45, 7) is 2.47. The van der Waals surface area contributed by atoms with Crippen molar-refractivity contribution in [2.45, 2.75) is 18.5 Å². The Balaban J connectivity index is 2.15. The van der Waals surface area contributed by atoms with Gasteiger partial charge in [-0.3, -0.25) is 0 Å². The molecule has 1 aromatic rings. The predicted molar refractivity (Wildman–Crippen MR) is 68.8 cm³/mol. The molecular formula is C14H19F3N2. The van der Waals surface area contributed by atoms with Crippen LogP contribution in [0.4, 0.5) is 13.2 Å². The van der Waals surface area contributed by atoms with Gasteiger partial charge in [-0.15, -0.1) is 0 Å². The Kier molecular flexibility index (Phi) is 4.16. The van der Waals surface area contributed by atoms with E-state index in [9.17, 15) is 13.2 Å². The smallest absolute Gasteiger partial charge is 0.330 e. The van der Waals surface area contributed by atoms with E-state index in [1.54, 1.807) is 12.1 Å². The summed E-state index contributed by atoms with van der Waals surface area (Å²) in [5.74, 6) is 0.582. The van der Waals surface area contributed by atoms with Crippen LogP contribution in [-0.2, 0) is 6.18 Å². The molecule has 1 aliphatic heterocycles. The van der Waals surface area contributed by atoms with Gasteiger partial charge in [0.25, 0.3) is 0 Å². The van der Waals surface area contributed by atoms with Crippen molar-refractivity contribution in [3.8, 4) is 0 Å². The largest absolute Gasteiger partial charge is 0.416 e. The lowest BCUT2D eigenvalue weighted by Gasteiger charge is -2.22. The second-order valence-corrected chi connectivity index (χ2v) is 5.27. The van der Waals surface area contributed by atoms with Crippen molar-refractivity contribution < 1.29 is 13.2 Å². The van der Waals surface area contributed by atoms with Crippen molar-refractivity contribution in [2.75, 3.05) is 26.7 Å². The van der Waals surface area contributed by atoms with E-state index in [0.29, 0.717) is 12.5 Å². The third-order valence-corrected chi connectivity index (χ3v) is 3.92. The molecule has 2 N–H and O–H groups in total. The SMILES string of the molecule is CN1CCC(C(CN)c2ccc(C(F)(F)F)cc2)C1. The van der Waals surface area contributed by atoms with Crippen LogP contribution in [0.25, 0.3) is 0 Å². The molecule has 0 amide bonds. The first-order chi connectivity index (χ1) is 8.91. The quantitative estimate of drug-likeness (QED) is 0.916. The van der Waals surface area contributed by atoms with E-state index in [-0.39, 0.29) is 5.92 Å². The standard InChI is InChI=1S/C14H19F3N2/c1-19-7-6-11(9-19)13(8-18)10-2-4-12(5-3-10)14(15,16)17/h2-5,11,13H,6-9,18H2,1H3. The lowest BCUT2D eigenvalue weighted by molar-refractivity contribution is -0.137. The van der Waals surface area contributed by atoms with Gasteiger partial charge in [0.2, 0.25) is 0 Å². The fourth-order valence-corrected chi connectivity index (χ4v) is 2.82. The molecule has 0 bridgehead atoms. The molecule has 2 atom stereocenters. The molecule has 2 unspecified atom stereocenters. The van der Waals surface area contributed by atoms with Crippen molar-refractivity contribution >= 4 is 0 Å². The minimum absolute atomic E-state index is 0.146. The highest BCUT2D eigenvalue weighted by Gasteiger charge is 2.31. The second kappa shape index (κ2) is 5.51. The first-order valence-electron chi connectivity index (χ1n) is 6.47. The van der Waals surface area contributed by atoms with Gasteiger partial charge in [0.05, 0.1) is 5.56 Å². The third-order valence-electron chi connectivity index (χ3n) is 3.92. The highest BCUT2D eigenvalue weighted by molar-refractivity contribution is 5.28. The molecule has 0 saturated carbocycles. The predicted octanol–water partition coefficient (Wildman–Crippen LogP) is 2.70. The van der Waals surface area contributed by atoms with Crippen LogP contribution in [0.5, 0.6) is 0 Å². The van der Waals surface area contributed by atoms with Crippen molar-refractivity contribution in [3.63, 3.8) is 0 Å². The molecule has 106 valence electrons. The summed E-state index contributed by atoms with van der Waals surface area (Å²) >= 11 is 0. The minimum atomic E-state index is -4.27. The molecule has 1 aromatic carbocycles. The number of halogens is 3. The average Bonchev–Trinajstić information content (AvgIpc) is 2.76. The molecule has 2 rings (SSSR count). The summed E-state index contributed by atoms with van der Waals surface area (Å²) in [4.78, 5) is 2.23. The third kappa shape index (κ3) is 3.28. The maximum absolute atomic E-state index is 12.5. The van der Waals surface area contributed by atoms with Crippen LogP contribution >= 0.6 is 0 Å². The Morgan fingerprint density at radius 1 is 1.32 bits per heavy atom. The molecule has 1 aliphatic rings. The lowest BCUT2D eigenvalue weighted by Crippen LogP contribution is -2.24. The molecule has 0 radical (unpaired) electrons. The van der Waals surface area contributed by atoms with Gasteiger partial charge in [-0.05, 0) is 50.2 Å². The van der Waals surface area contributed by atoms with E-state index >= 15 is 0 Å². The van der Waals surface area contributed by atoms with Crippen LogP contribution in [-0.4, -0.2) is 31.6 Å². The van der Waals surface area contributed by atoms with Gasteiger partial charge in [0, 0.05) is 12.5 Å². The maximum Gasteiger partial charge on any atom is 0.416 e. The highest BCUT2D eigenvalue weighted by atomic mass is 19.4. The first kappa shape index (κ1) is 14.3. The maximum atomic E-state index is 12.5. The zero-order valence-electron chi connectivity index (χ0n) is 11.0. The fourth-order valence-electron chi connectivity index (χ4n) is 2.82. The number of rotatable bonds is 3. The molecule has 19 heavy (non-hydrogen) atoms. The minimum Gasteiger partial charge on any atom is -0.330 e. The van der Waals surface area contributed by atoms with Crippen LogP contribution in [0.1, 0.15) is 23.5 Å². The topological polar surface area (TPSA) is 29.3 Å². The monoisotopic (exact) mass is 272 g/mol. The zero-order chi connectivity index (χ0) is 14.0. The van der Waals surface area contributed by atoms with Gasteiger partial charge in [-0.1, -0.05) is 12.1 Å². The van der Waals surface area contributed by atoms with Gasteiger partial charge in [0.1, 0.15) is 0 Å². The van der Waals surface area contributed by atoms with Gasteiger partial charge in [-0.25, -0.2) is 0 Å². The van der Waals surface area contributed by atoms with Gasteiger partial charge in [0.15, 0.2) is 0 Å². The van der Waals surface area contributed by atoms with E-state index in [1.165, 1.54) is 0 Å². The fraction of sp³-hybridized carbons (Fsp3) is 0.571. The first-order valence-corrected chi connectivity index (χ1v) is 6.47. The molecule has 1 saturated heterocycles. The van der Waals surface area contributed by atoms with Crippen LogP contribution in [0.3, 0.4) is 0 Å². The number of nitrogens with two attached hydrogens (primary N) is 1. The van der Waals surface area contributed by atoms with Crippen molar-refractivity contribution in [2.24, 2.45) is 11.7 Å². The number of hydrogen-bond donors (Lipinski definition) is 1. The van der Waals surface area contributed by atoms with E-state index in [0.717, 1.165) is 37.2 Å². The Labute approximate surface area is 111 Å². The van der Waals surface area contributed by atoms with E-state index in [4.69, 9.17) is 5.73 Å². The zero-order valence-corrected chi connectivity index (χ0v) is 11.0. The molecule has 0 aliphatic carbocycles. The molecule has 1 heterocycles. The Bertz CT molecular complexity index is 414. The van der Waals surface area contributed by atoms with Crippen molar-refractivity contribution in [1.29, 1.82) is 0 Å². The summed E-state index contributed by atoms with van der Waals surface area (Å²) in [7, 11) is 2.06. The molecule has 0 spiro atoms. The van der Waals surface area contributed by atoms with E-state index in [1.807, 2.05) is 0 Å². The normalized spacial score (nSPS) is 22.7. The van der Waals surface area contributed by atoms with Crippen LogP contribution in [0.2, 0.25) is 0 Å². The number of nitrogens with zero attached hydrogens (tertiary/aromatic N) is 1. The lowest BCUT2D eigenvalue weighted by atomic mass is 9.85. The van der Waals surface area contributed by atoms with Crippen molar-refractivity contribution in [1.82, 2.24) is 4.90 Å². The van der Waals surface area contributed by atoms with Gasteiger partial charge in [-0.2, -0.15) is 13.2 Å². The molecular weight excluding hydrogens is 253 g/mol. The molecule has 2 nitrogen and oxygen atoms in total. The van der Waals surface area contributed by atoms with Crippen LogP contribution < -0.4 is 5.73 Å². The second-order valence-electron chi connectivity index (χ2n) is 5.27. The number of alkyl halides is 3. The summed E-state index contributed by atoms with van der Waals surface area (Å²) in [6, 6.07) is 5.44.